The van der Waals surface area contributed by atoms with E-state index in [0.29, 0.717) is 5.75 Å². The summed E-state index contributed by atoms with van der Waals surface area (Å²) < 4.78 is 41.3. The molecule has 0 N–H and O–H groups in total. The van der Waals surface area contributed by atoms with Gasteiger partial charge in [0.25, 0.3) is 0 Å². The van der Waals surface area contributed by atoms with Crippen LogP contribution in [0.25, 0.3) is 0 Å². The Bertz CT molecular complexity index is 1410. The van der Waals surface area contributed by atoms with Crippen LogP contribution in [0.2, 0.25) is 0 Å². The maximum Gasteiger partial charge on any atom is 0.309 e. The highest BCUT2D eigenvalue weighted by atomic mass is 19.1. The molecule has 0 saturated carbocycles. The van der Waals surface area contributed by atoms with Crippen LogP contribution in [0.15, 0.2) is 60.8 Å². The zero-order valence-electron chi connectivity index (χ0n) is 23.2. The van der Waals surface area contributed by atoms with Crippen LogP contribution in [0, 0.1) is 11.7 Å². The van der Waals surface area contributed by atoms with Gasteiger partial charge >= 0.3 is 17.9 Å². The molecule has 41 heavy (non-hydrogen) atoms. The molecule has 10 nitrogen and oxygen atoms in total. The molecule has 0 amide bonds. The van der Waals surface area contributed by atoms with Crippen LogP contribution >= 0.6 is 0 Å². The molecule has 0 fully saturated rings. The summed E-state index contributed by atoms with van der Waals surface area (Å²) in [7, 11) is 1.35. The highest BCUT2D eigenvalue weighted by Crippen LogP contribution is 2.35. The van der Waals surface area contributed by atoms with Crippen molar-refractivity contribution >= 4 is 23.7 Å². The molecule has 0 spiro atoms. The van der Waals surface area contributed by atoms with Crippen LogP contribution in [0.3, 0.4) is 0 Å². The number of Topliss-reactive ketones (excluding diaryl/α,β-unsaturated/α-hetero) is 1. The van der Waals surface area contributed by atoms with E-state index < -0.39 is 47.6 Å². The second kappa shape index (κ2) is 14.0. The van der Waals surface area contributed by atoms with Gasteiger partial charge in [0.15, 0.2) is 23.3 Å². The van der Waals surface area contributed by atoms with E-state index in [9.17, 15) is 23.6 Å². The Morgan fingerprint density at radius 3 is 2.22 bits per heavy atom. The number of carbonyl (C=O) groups excluding carboxylic acids is 4. The zero-order chi connectivity index (χ0) is 30.1. The van der Waals surface area contributed by atoms with Gasteiger partial charge in [0.1, 0.15) is 23.4 Å². The lowest BCUT2D eigenvalue weighted by molar-refractivity contribution is -0.157. The van der Waals surface area contributed by atoms with Crippen molar-refractivity contribution in [3.8, 4) is 23.0 Å². The number of para-hydroxylation sites is 1. The van der Waals surface area contributed by atoms with Crippen molar-refractivity contribution in [2.45, 2.75) is 46.3 Å². The number of carbonyl (C=O) groups is 4. The van der Waals surface area contributed by atoms with Crippen molar-refractivity contribution in [1.82, 2.24) is 4.98 Å². The maximum atomic E-state index is 14.0. The van der Waals surface area contributed by atoms with Gasteiger partial charge in [-0.15, -0.1) is 0 Å². The topological polar surface area (TPSA) is 127 Å². The van der Waals surface area contributed by atoms with E-state index in [1.807, 2.05) is 0 Å². The van der Waals surface area contributed by atoms with Crippen molar-refractivity contribution in [2.75, 3.05) is 7.11 Å². The van der Waals surface area contributed by atoms with Gasteiger partial charge in [0, 0.05) is 44.2 Å². The fourth-order valence-corrected chi connectivity index (χ4v) is 3.90. The van der Waals surface area contributed by atoms with E-state index in [1.165, 1.54) is 52.3 Å². The van der Waals surface area contributed by atoms with Crippen molar-refractivity contribution in [1.29, 1.82) is 0 Å². The fourth-order valence-electron chi connectivity index (χ4n) is 3.90. The SMILES string of the molecule is COc1ccnc(C(=O)C[C@@H](C)C(=O)O[C@@H](C)[C@H](Oc2ccccc2)c2ccc(F)cc2OC(C)=O)c1OC(C)=O. The van der Waals surface area contributed by atoms with Gasteiger partial charge in [0.05, 0.1) is 13.0 Å². The van der Waals surface area contributed by atoms with E-state index >= 15 is 0 Å². The number of hydrogen-bond donors (Lipinski definition) is 0. The molecule has 0 saturated heterocycles. The van der Waals surface area contributed by atoms with Crippen LogP contribution in [0.4, 0.5) is 4.39 Å². The van der Waals surface area contributed by atoms with Crippen LogP contribution < -0.4 is 18.9 Å². The van der Waals surface area contributed by atoms with Gasteiger partial charge in [-0.2, -0.15) is 0 Å². The van der Waals surface area contributed by atoms with Gasteiger partial charge in [-0.1, -0.05) is 25.1 Å². The molecule has 0 aliphatic carbocycles. The third kappa shape index (κ3) is 8.34. The molecule has 11 heteroatoms. The smallest absolute Gasteiger partial charge is 0.309 e. The van der Waals surface area contributed by atoms with Gasteiger partial charge in [-0.05, 0) is 31.2 Å². The molecule has 3 aromatic rings. The first kappa shape index (κ1) is 30.7. The summed E-state index contributed by atoms with van der Waals surface area (Å²) >= 11 is 0. The van der Waals surface area contributed by atoms with Crippen molar-refractivity contribution in [2.24, 2.45) is 5.92 Å². The largest absolute Gasteiger partial charge is 0.493 e. The quantitative estimate of drug-likeness (QED) is 0.167. The Morgan fingerprint density at radius 2 is 1.59 bits per heavy atom. The minimum absolute atomic E-state index is 0.0911. The number of halogens is 1. The summed E-state index contributed by atoms with van der Waals surface area (Å²) in [6.07, 6.45) is -1.00. The lowest BCUT2D eigenvalue weighted by Crippen LogP contribution is -2.30. The minimum Gasteiger partial charge on any atom is -0.493 e. The van der Waals surface area contributed by atoms with Crippen molar-refractivity contribution in [3.63, 3.8) is 0 Å². The molecule has 1 heterocycles. The number of aromatic nitrogens is 1. The lowest BCUT2D eigenvalue weighted by atomic mass is 10.0. The van der Waals surface area contributed by atoms with Crippen molar-refractivity contribution < 1.29 is 47.3 Å². The predicted octanol–water partition coefficient (Wildman–Crippen LogP) is 5.04. The average molecular weight is 568 g/mol. The molecule has 3 rings (SSSR count). The Hall–Kier alpha value is -4.80. The highest BCUT2D eigenvalue weighted by molar-refractivity contribution is 5.99. The van der Waals surface area contributed by atoms with E-state index in [-0.39, 0.29) is 34.9 Å². The second-order valence-corrected chi connectivity index (χ2v) is 9.08. The Balaban J connectivity index is 1.83. The monoisotopic (exact) mass is 567 g/mol. The molecule has 3 atom stereocenters. The third-order valence-electron chi connectivity index (χ3n) is 5.76. The summed E-state index contributed by atoms with van der Waals surface area (Å²) in [5.41, 5.74) is 0.0935. The maximum absolute atomic E-state index is 14.0. The van der Waals surface area contributed by atoms with Gasteiger partial charge < -0.3 is 23.7 Å². The molecule has 216 valence electrons. The van der Waals surface area contributed by atoms with Crippen LogP contribution in [0.5, 0.6) is 23.0 Å². The number of esters is 3. The molecule has 0 aliphatic heterocycles. The lowest BCUT2D eigenvalue weighted by Gasteiger charge is -2.27. The Labute approximate surface area is 236 Å². The summed E-state index contributed by atoms with van der Waals surface area (Å²) in [5, 5.41) is 0. The van der Waals surface area contributed by atoms with Crippen LogP contribution in [-0.4, -0.2) is 41.9 Å². The zero-order valence-corrected chi connectivity index (χ0v) is 23.2. The normalized spacial score (nSPS) is 12.8. The highest BCUT2D eigenvalue weighted by Gasteiger charge is 2.32. The van der Waals surface area contributed by atoms with Crippen molar-refractivity contribution in [3.05, 3.63) is 77.9 Å². The number of benzene rings is 2. The molecule has 0 radical (unpaired) electrons. The molecule has 1 aromatic heterocycles. The Kier molecular flexibility index (Phi) is 10.5. The van der Waals surface area contributed by atoms with E-state index in [2.05, 4.69) is 4.98 Å². The molecular weight excluding hydrogens is 537 g/mol. The number of hydrogen-bond acceptors (Lipinski definition) is 10. The van der Waals surface area contributed by atoms with Crippen LogP contribution in [0.1, 0.15) is 56.3 Å². The predicted molar refractivity (Wildman–Crippen MR) is 143 cm³/mol. The summed E-state index contributed by atoms with van der Waals surface area (Å²) in [5.74, 6) is -3.93. The number of ether oxygens (including phenoxy) is 5. The first-order valence-corrected chi connectivity index (χ1v) is 12.6. The number of rotatable bonds is 12. The minimum atomic E-state index is -1.02. The first-order valence-electron chi connectivity index (χ1n) is 12.6. The van der Waals surface area contributed by atoms with Crippen LogP contribution in [-0.2, 0) is 19.1 Å². The second-order valence-electron chi connectivity index (χ2n) is 9.08. The summed E-state index contributed by atoms with van der Waals surface area (Å²) in [6, 6.07) is 13.6. The number of pyridine rings is 1. The van der Waals surface area contributed by atoms with Gasteiger partial charge in [-0.3, -0.25) is 19.2 Å². The third-order valence-corrected chi connectivity index (χ3v) is 5.76. The van der Waals surface area contributed by atoms with Gasteiger partial charge in [-0.25, -0.2) is 9.37 Å². The molecule has 0 bridgehead atoms. The number of ketones is 1. The van der Waals surface area contributed by atoms with E-state index in [1.54, 1.807) is 37.3 Å². The Morgan fingerprint density at radius 1 is 0.902 bits per heavy atom. The fraction of sp³-hybridized carbons (Fsp3) is 0.300. The molecule has 0 aliphatic rings. The summed E-state index contributed by atoms with van der Waals surface area (Å²) in [4.78, 5) is 53.5. The first-order chi connectivity index (χ1) is 19.5. The molecular formula is C30H30FNO9. The van der Waals surface area contributed by atoms with E-state index in [0.717, 1.165) is 6.07 Å². The van der Waals surface area contributed by atoms with Gasteiger partial charge in [0.2, 0.25) is 5.75 Å². The standard InChI is InChI=1S/C30H30FNO9/c1-17(15-24(35)27-29(40-20(4)34)25(37-5)13-14-32-27)30(36)38-18(2)28(41-22-9-7-6-8-10-22)23-12-11-21(31)16-26(23)39-19(3)33/h6-14,16-18,28H,15H2,1-5H3/t17-,18+,28+/m1/s1. The molecule has 0 unspecified atom stereocenters. The average Bonchev–Trinajstić information content (AvgIpc) is 2.92. The molecule has 2 aromatic carbocycles. The number of nitrogens with zero attached hydrogens (tertiary/aromatic N) is 1. The van der Waals surface area contributed by atoms with E-state index in [4.69, 9.17) is 23.7 Å². The summed E-state index contributed by atoms with van der Waals surface area (Å²) in [6.45, 7) is 5.40. The number of methoxy groups -OCH3 is 1.